The Balaban J connectivity index is 1.64. The molecule has 0 spiro atoms. The molecule has 178 valence electrons. The number of halogens is 1. The molecule has 0 radical (unpaired) electrons. The number of primary amides is 1. The van der Waals surface area contributed by atoms with Crippen molar-refractivity contribution in [1.82, 2.24) is 14.5 Å². The fourth-order valence-electron chi connectivity index (χ4n) is 5.05. The zero-order chi connectivity index (χ0) is 24.5. The van der Waals surface area contributed by atoms with Gasteiger partial charge >= 0.3 is 6.09 Å². The van der Waals surface area contributed by atoms with Crippen LogP contribution in [-0.4, -0.2) is 60.5 Å². The molecule has 6 rings (SSSR count). The van der Waals surface area contributed by atoms with E-state index in [0.717, 1.165) is 5.56 Å². The second-order valence-corrected chi connectivity index (χ2v) is 9.85. The van der Waals surface area contributed by atoms with Crippen molar-refractivity contribution in [3.05, 3.63) is 40.5 Å². The molecule has 2 bridgehead atoms. The third-order valence-corrected chi connectivity index (χ3v) is 6.89. The van der Waals surface area contributed by atoms with Gasteiger partial charge in [0.15, 0.2) is 5.69 Å². The zero-order valence-electron chi connectivity index (χ0n) is 18.7. The molecule has 1 aromatic carbocycles. The molecule has 4 aliphatic rings. The number of rotatable bonds is 3. The molecule has 1 unspecified atom stereocenters. The number of carbonyl (C=O) groups is 2. The number of imidazole rings is 1. The summed E-state index contributed by atoms with van der Waals surface area (Å²) in [6.45, 7) is 3.28. The molecule has 10 heteroatoms. The molecule has 2 amide bonds. The smallest absolute Gasteiger partial charge is 0.407 e. The van der Waals surface area contributed by atoms with Crippen molar-refractivity contribution in [1.29, 1.82) is 0 Å². The second-order valence-electron chi connectivity index (χ2n) is 9.85. The Morgan fingerprint density at radius 1 is 1.29 bits per heavy atom. The van der Waals surface area contributed by atoms with Crippen LogP contribution in [0.5, 0.6) is 0 Å². The van der Waals surface area contributed by atoms with E-state index in [1.165, 1.54) is 24.8 Å². The predicted octanol–water partition coefficient (Wildman–Crippen LogP) is 1.99. The number of hydrogen-bond acceptors (Lipinski definition) is 5. The summed E-state index contributed by atoms with van der Waals surface area (Å²) >= 11 is 0. The Hall–Kier alpha value is -3.42. The van der Waals surface area contributed by atoms with Gasteiger partial charge in [-0.15, -0.1) is 0 Å². The number of nitrogens with two attached hydrogens (primary N) is 1. The number of likely N-dealkylation sites (tertiary alicyclic amines) is 1. The van der Waals surface area contributed by atoms with Gasteiger partial charge in [-0.3, -0.25) is 4.79 Å². The normalized spacial score (nSPS) is 21.7. The fourth-order valence-corrected chi connectivity index (χ4v) is 5.05. The van der Waals surface area contributed by atoms with Crippen molar-refractivity contribution in [2.75, 3.05) is 13.1 Å². The van der Waals surface area contributed by atoms with E-state index in [-0.39, 0.29) is 42.0 Å². The second kappa shape index (κ2) is 7.55. The van der Waals surface area contributed by atoms with Gasteiger partial charge in [0, 0.05) is 30.6 Å². The Morgan fingerprint density at radius 2 is 1.97 bits per heavy atom. The Morgan fingerprint density at radius 3 is 2.56 bits per heavy atom. The van der Waals surface area contributed by atoms with Crippen LogP contribution < -0.4 is 5.73 Å². The number of aromatic nitrogens is 2. The number of aliphatic hydroxyl groups excluding tert-OH is 1. The summed E-state index contributed by atoms with van der Waals surface area (Å²) < 4.78 is 16.7. The van der Waals surface area contributed by atoms with Gasteiger partial charge in [-0.25, -0.2) is 14.2 Å². The maximum atomic E-state index is 14.9. The van der Waals surface area contributed by atoms with Crippen LogP contribution in [-0.2, 0) is 0 Å². The lowest BCUT2D eigenvalue weighted by molar-refractivity contribution is -0.00256. The first-order chi connectivity index (χ1) is 15.9. The number of hydrogen-bond donors (Lipinski definition) is 4. The summed E-state index contributed by atoms with van der Waals surface area (Å²) in [5.74, 6) is 4.11. The van der Waals surface area contributed by atoms with Crippen molar-refractivity contribution in [3.8, 4) is 23.2 Å². The van der Waals surface area contributed by atoms with Crippen LogP contribution in [0, 0.1) is 23.6 Å². The standard InChI is InChI=1S/C24H25FN4O5/c1-24(2,34)4-3-11-7-16-15(8-17(11)25)12-5-14(6-12)29-19(18(21(26)31)27-22(16)29)20(30)13-9-28(10-13)23(32)33/h7-8,12-14,20,30,34H,5-6,9-10H2,1-2H3,(H2,26,31)(H,32,33). The van der Waals surface area contributed by atoms with Crippen LogP contribution in [0.15, 0.2) is 12.1 Å². The van der Waals surface area contributed by atoms with Gasteiger partial charge in [0.2, 0.25) is 0 Å². The quantitative estimate of drug-likeness (QED) is 0.508. The van der Waals surface area contributed by atoms with Gasteiger partial charge in [0.1, 0.15) is 23.3 Å². The molecule has 1 saturated carbocycles. The molecule has 1 aromatic heterocycles. The van der Waals surface area contributed by atoms with Crippen LogP contribution in [0.3, 0.4) is 0 Å². The molecule has 2 fully saturated rings. The van der Waals surface area contributed by atoms with E-state index < -0.39 is 35.4 Å². The van der Waals surface area contributed by atoms with Crippen LogP contribution in [0.2, 0.25) is 0 Å². The summed E-state index contributed by atoms with van der Waals surface area (Å²) in [5.41, 5.74) is 5.98. The van der Waals surface area contributed by atoms with Crippen molar-refractivity contribution < 1.29 is 29.3 Å². The molecule has 34 heavy (non-hydrogen) atoms. The van der Waals surface area contributed by atoms with E-state index in [9.17, 15) is 24.2 Å². The SMILES string of the molecule is CC(C)(O)C#Cc1cc2c(cc1F)C1CC(C1)n1c-2nc(C(N)=O)c1C(O)C1CN(C(=O)O)C1. The molecular formula is C24H25FN4O5. The summed E-state index contributed by atoms with van der Waals surface area (Å²) in [6.07, 6.45) is -0.819. The van der Waals surface area contributed by atoms with Crippen molar-refractivity contribution in [2.24, 2.45) is 11.7 Å². The average molecular weight is 468 g/mol. The highest BCUT2D eigenvalue weighted by Crippen LogP contribution is 2.54. The van der Waals surface area contributed by atoms with Gasteiger partial charge in [0.05, 0.1) is 11.3 Å². The topological polar surface area (TPSA) is 142 Å². The number of carbonyl (C=O) groups excluding carboxylic acids is 1. The maximum absolute atomic E-state index is 14.9. The average Bonchev–Trinajstić information content (AvgIpc) is 2.93. The van der Waals surface area contributed by atoms with Crippen molar-refractivity contribution in [2.45, 2.75) is 50.4 Å². The molecule has 9 nitrogen and oxygen atoms in total. The van der Waals surface area contributed by atoms with Crippen LogP contribution in [0.25, 0.3) is 11.4 Å². The first-order valence-electron chi connectivity index (χ1n) is 11.1. The Labute approximate surface area is 195 Å². The molecule has 1 atom stereocenters. The van der Waals surface area contributed by atoms with Crippen molar-refractivity contribution in [3.63, 3.8) is 0 Å². The van der Waals surface area contributed by atoms with E-state index >= 15 is 0 Å². The van der Waals surface area contributed by atoms with E-state index in [1.807, 2.05) is 4.57 Å². The zero-order valence-corrected chi connectivity index (χ0v) is 18.7. The predicted molar refractivity (Wildman–Crippen MR) is 118 cm³/mol. The van der Waals surface area contributed by atoms with Crippen LogP contribution in [0.4, 0.5) is 9.18 Å². The van der Waals surface area contributed by atoms with Gasteiger partial charge in [-0.05, 0) is 50.3 Å². The highest BCUT2D eigenvalue weighted by molar-refractivity contribution is 5.93. The van der Waals surface area contributed by atoms with Gasteiger partial charge in [0.25, 0.3) is 5.91 Å². The fraction of sp³-hybridized carbons (Fsp3) is 0.458. The lowest BCUT2D eigenvalue weighted by Crippen LogP contribution is -2.52. The Bertz CT molecular complexity index is 1270. The van der Waals surface area contributed by atoms with Crippen LogP contribution >= 0.6 is 0 Å². The molecule has 1 saturated heterocycles. The van der Waals surface area contributed by atoms with Gasteiger partial charge in [-0.1, -0.05) is 11.8 Å². The van der Waals surface area contributed by atoms with E-state index in [1.54, 1.807) is 6.07 Å². The van der Waals surface area contributed by atoms with Crippen LogP contribution in [0.1, 0.15) is 72.1 Å². The third-order valence-electron chi connectivity index (χ3n) is 6.89. The number of nitrogens with zero attached hydrogens (tertiary/aromatic N) is 3. The summed E-state index contributed by atoms with van der Waals surface area (Å²) in [4.78, 5) is 29.2. The Kier molecular flexibility index (Phi) is 4.97. The highest BCUT2D eigenvalue weighted by Gasteiger charge is 2.45. The largest absolute Gasteiger partial charge is 0.465 e. The van der Waals surface area contributed by atoms with Gasteiger partial charge in [-0.2, -0.15) is 0 Å². The van der Waals surface area contributed by atoms with E-state index in [4.69, 9.17) is 10.8 Å². The minimum absolute atomic E-state index is 0.0535. The minimum Gasteiger partial charge on any atom is -0.465 e. The van der Waals surface area contributed by atoms with Gasteiger partial charge < -0.3 is 30.5 Å². The lowest BCUT2D eigenvalue weighted by atomic mass is 9.75. The first kappa shape index (κ1) is 22.4. The summed E-state index contributed by atoms with van der Waals surface area (Å²) in [5, 5.41) is 30.2. The number of amides is 2. The molecular weight excluding hydrogens is 443 g/mol. The highest BCUT2D eigenvalue weighted by atomic mass is 19.1. The third kappa shape index (κ3) is 3.52. The number of carboxylic acid groups (broad SMARTS) is 1. The molecule has 3 aliphatic heterocycles. The first-order valence-corrected chi connectivity index (χ1v) is 11.1. The molecule has 2 aromatic rings. The number of aliphatic hydroxyl groups is 2. The lowest BCUT2D eigenvalue weighted by Gasteiger charge is -2.41. The molecule has 4 heterocycles. The molecule has 1 aliphatic carbocycles. The minimum atomic E-state index is -1.30. The number of benzene rings is 1. The molecule has 5 N–H and O–H groups in total. The maximum Gasteiger partial charge on any atom is 0.407 e. The van der Waals surface area contributed by atoms with E-state index in [2.05, 4.69) is 16.8 Å². The summed E-state index contributed by atoms with van der Waals surface area (Å²) in [6, 6.07) is 2.95. The summed E-state index contributed by atoms with van der Waals surface area (Å²) in [7, 11) is 0. The monoisotopic (exact) mass is 468 g/mol. The van der Waals surface area contributed by atoms with E-state index in [0.29, 0.717) is 24.2 Å². The van der Waals surface area contributed by atoms with Crippen molar-refractivity contribution >= 4 is 12.0 Å².